The first kappa shape index (κ1) is 12.7. The van der Waals surface area contributed by atoms with Gasteiger partial charge >= 0.3 is 0 Å². The Morgan fingerprint density at radius 1 is 1.41 bits per heavy atom. The Labute approximate surface area is 104 Å². The van der Waals surface area contributed by atoms with Gasteiger partial charge in [-0.25, -0.2) is 0 Å². The average Bonchev–Trinajstić information content (AvgIpc) is 3.01. The summed E-state index contributed by atoms with van der Waals surface area (Å²) in [4.78, 5) is 2.44. The average molecular weight is 236 g/mol. The van der Waals surface area contributed by atoms with Crippen LogP contribution >= 0.6 is 0 Å². The molecule has 0 bridgehead atoms. The van der Waals surface area contributed by atoms with Gasteiger partial charge in [0, 0.05) is 6.54 Å². The first-order valence-corrected chi connectivity index (χ1v) is 6.83. The lowest BCUT2D eigenvalue weighted by molar-refractivity contribution is 0.188. The van der Waals surface area contributed by atoms with Gasteiger partial charge in [-0.1, -0.05) is 13.8 Å². The number of likely N-dealkylation sites (N-methyl/N-ethyl adjacent to an activating group) is 1. The second-order valence-corrected chi connectivity index (χ2v) is 4.85. The van der Waals surface area contributed by atoms with Gasteiger partial charge in [0.1, 0.15) is 5.76 Å². The van der Waals surface area contributed by atoms with Crippen molar-refractivity contribution >= 4 is 0 Å². The standard InChI is InChI=1S/C14H24N2O/c1-3-16(4-2)13(14-6-5-9-17-14)11-15-10-12-7-8-12/h5-6,9,12-13,15H,3-4,7-8,10-11H2,1-2H3. The van der Waals surface area contributed by atoms with Gasteiger partial charge in [0.15, 0.2) is 0 Å². The molecular weight excluding hydrogens is 212 g/mol. The first-order chi connectivity index (χ1) is 8.35. The zero-order chi connectivity index (χ0) is 12.1. The Balaban J connectivity index is 1.90. The summed E-state index contributed by atoms with van der Waals surface area (Å²) in [5, 5.41) is 3.58. The zero-order valence-electron chi connectivity index (χ0n) is 11.0. The van der Waals surface area contributed by atoms with Crippen LogP contribution in [0.3, 0.4) is 0 Å². The topological polar surface area (TPSA) is 28.4 Å². The van der Waals surface area contributed by atoms with Gasteiger partial charge in [0.25, 0.3) is 0 Å². The smallest absolute Gasteiger partial charge is 0.122 e. The highest BCUT2D eigenvalue weighted by molar-refractivity contribution is 5.05. The molecule has 0 aromatic carbocycles. The molecule has 1 heterocycles. The summed E-state index contributed by atoms with van der Waals surface area (Å²) in [6.07, 6.45) is 4.58. The number of rotatable bonds is 8. The Kier molecular flexibility index (Phi) is 4.63. The molecule has 3 nitrogen and oxygen atoms in total. The summed E-state index contributed by atoms with van der Waals surface area (Å²) >= 11 is 0. The van der Waals surface area contributed by atoms with Crippen molar-refractivity contribution in [3.05, 3.63) is 24.2 Å². The van der Waals surface area contributed by atoms with Crippen molar-refractivity contribution in [2.45, 2.75) is 32.7 Å². The number of nitrogens with one attached hydrogen (secondary N) is 1. The number of hydrogen-bond acceptors (Lipinski definition) is 3. The summed E-state index contributed by atoms with van der Waals surface area (Å²) in [7, 11) is 0. The van der Waals surface area contributed by atoms with Crippen LogP contribution in [0, 0.1) is 5.92 Å². The quantitative estimate of drug-likeness (QED) is 0.752. The van der Waals surface area contributed by atoms with Crippen molar-refractivity contribution in [1.82, 2.24) is 10.2 Å². The minimum Gasteiger partial charge on any atom is -0.468 e. The highest BCUT2D eigenvalue weighted by atomic mass is 16.3. The Hall–Kier alpha value is -0.800. The molecule has 0 spiro atoms. The van der Waals surface area contributed by atoms with Crippen molar-refractivity contribution in [3.8, 4) is 0 Å². The van der Waals surface area contributed by atoms with Crippen LogP contribution in [0.25, 0.3) is 0 Å². The Morgan fingerprint density at radius 3 is 2.71 bits per heavy atom. The Bertz CT molecular complexity index is 302. The molecule has 1 aliphatic rings. The van der Waals surface area contributed by atoms with E-state index < -0.39 is 0 Å². The van der Waals surface area contributed by atoms with E-state index in [4.69, 9.17) is 4.42 Å². The molecule has 0 aliphatic heterocycles. The van der Waals surface area contributed by atoms with E-state index in [9.17, 15) is 0 Å². The molecule has 17 heavy (non-hydrogen) atoms. The lowest BCUT2D eigenvalue weighted by Gasteiger charge is -2.28. The van der Waals surface area contributed by atoms with Crippen LogP contribution < -0.4 is 5.32 Å². The van der Waals surface area contributed by atoms with E-state index in [-0.39, 0.29) is 0 Å². The zero-order valence-corrected chi connectivity index (χ0v) is 11.0. The van der Waals surface area contributed by atoms with E-state index in [0.29, 0.717) is 6.04 Å². The molecule has 96 valence electrons. The highest BCUT2D eigenvalue weighted by Crippen LogP contribution is 2.28. The van der Waals surface area contributed by atoms with E-state index in [2.05, 4.69) is 30.1 Å². The predicted octanol–water partition coefficient (Wildman–Crippen LogP) is 2.66. The van der Waals surface area contributed by atoms with Crippen LogP contribution in [-0.4, -0.2) is 31.1 Å². The van der Waals surface area contributed by atoms with Crippen molar-refractivity contribution in [3.63, 3.8) is 0 Å². The lowest BCUT2D eigenvalue weighted by Crippen LogP contribution is -2.36. The molecule has 1 fully saturated rings. The summed E-state index contributed by atoms with van der Waals surface area (Å²) in [5.41, 5.74) is 0. The second-order valence-electron chi connectivity index (χ2n) is 4.85. The largest absolute Gasteiger partial charge is 0.468 e. The van der Waals surface area contributed by atoms with E-state index in [1.807, 2.05) is 6.07 Å². The van der Waals surface area contributed by atoms with Crippen LogP contribution in [0.1, 0.15) is 38.5 Å². The summed E-state index contributed by atoms with van der Waals surface area (Å²) in [5.74, 6) is 2.01. The highest BCUT2D eigenvalue weighted by Gasteiger charge is 2.23. The fraction of sp³-hybridized carbons (Fsp3) is 0.714. The van der Waals surface area contributed by atoms with Crippen LogP contribution in [0.5, 0.6) is 0 Å². The maximum atomic E-state index is 5.57. The molecule has 0 radical (unpaired) electrons. The molecule has 1 N–H and O–H groups in total. The van der Waals surface area contributed by atoms with Crippen molar-refractivity contribution in [1.29, 1.82) is 0 Å². The van der Waals surface area contributed by atoms with E-state index in [1.165, 1.54) is 19.4 Å². The molecule has 2 rings (SSSR count). The van der Waals surface area contributed by atoms with E-state index in [0.717, 1.165) is 31.3 Å². The van der Waals surface area contributed by atoms with Crippen LogP contribution in [0.15, 0.2) is 22.8 Å². The molecule has 1 saturated carbocycles. The SMILES string of the molecule is CCN(CC)C(CNCC1CC1)c1ccco1. The number of hydrogen-bond donors (Lipinski definition) is 1. The molecule has 1 aromatic heterocycles. The molecule has 3 heteroatoms. The number of nitrogens with zero attached hydrogens (tertiary/aromatic N) is 1. The van der Waals surface area contributed by atoms with Gasteiger partial charge in [-0.2, -0.15) is 0 Å². The molecule has 0 saturated heterocycles. The summed E-state index contributed by atoms with van der Waals surface area (Å²) in [6.45, 7) is 8.70. The van der Waals surface area contributed by atoms with Crippen LogP contribution in [-0.2, 0) is 0 Å². The summed E-state index contributed by atoms with van der Waals surface area (Å²) in [6, 6.07) is 4.44. The predicted molar refractivity (Wildman–Crippen MR) is 70.0 cm³/mol. The minimum atomic E-state index is 0.374. The third kappa shape index (κ3) is 3.58. The van der Waals surface area contributed by atoms with Gasteiger partial charge in [0.2, 0.25) is 0 Å². The maximum absolute atomic E-state index is 5.57. The molecular formula is C14H24N2O. The molecule has 1 atom stereocenters. The van der Waals surface area contributed by atoms with Gasteiger partial charge in [-0.3, -0.25) is 4.90 Å². The normalized spacial score (nSPS) is 17.6. The van der Waals surface area contributed by atoms with Crippen molar-refractivity contribution in [2.75, 3.05) is 26.2 Å². The van der Waals surface area contributed by atoms with Crippen molar-refractivity contribution in [2.24, 2.45) is 5.92 Å². The fourth-order valence-corrected chi connectivity index (χ4v) is 2.30. The first-order valence-electron chi connectivity index (χ1n) is 6.83. The lowest BCUT2D eigenvalue weighted by atomic mass is 10.2. The number of furan rings is 1. The monoisotopic (exact) mass is 236 g/mol. The second kappa shape index (κ2) is 6.22. The van der Waals surface area contributed by atoms with Gasteiger partial charge in [0.05, 0.1) is 12.3 Å². The maximum Gasteiger partial charge on any atom is 0.122 e. The summed E-state index contributed by atoms with van der Waals surface area (Å²) < 4.78 is 5.57. The van der Waals surface area contributed by atoms with Crippen LogP contribution in [0.4, 0.5) is 0 Å². The van der Waals surface area contributed by atoms with Crippen LogP contribution in [0.2, 0.25) is 0 Å². The van der Waals surface area contributed by atoms with Crippen molar-refractivity contribution < 1.29 is 4.42 Å². The fourth-order valence-electron chi connectivity index (χ4n) is 2.30. The van der Waals surface area contributed by atoms with Gasteiger partial charge in [-0.15, -0.1) is 0 Å². The molecule has 1 unspecified atom stereocenters. The Morgan fingerprint density at radius 2 is 2.18 bits per heavy atom. The van der Waals surface area contributed by atoms with Gasteiger partial charge in [-0.05, 0) is 50.5 Å². The third-order valence-corrected chi connectivity index (χ3v) is 3.59. The van der Waals surface area contributed by atoms with E-state index in [1.54, 1.807) is 6.26 Å². The molecule has 0 amide bonds. The van der Waals surface area contributed by atoms with E-state index >= 15 is 0 Å². The molecule has 1 aromatic rings. The molecule has 1 aliphatic carbocycles. The third-order valence-electron chi connectivity index (χ3n) is 3.59. The minimum absolute atomic E-state index is 0.374. The van der Waals surface area contributed by atoms with Gasteiger partial charge < -0.3 is 9.73 Å².